The molecule has 0 radical (unpaired) electrons. The first-order valence-electron chi connectivity index (χ1n) is 12.2. The van der Waals surface area contributed by atoms with Crippen LogP contribution < -0.4 is 9.47 Å². The predicted octanol–water partition coefficient (Wildman–Crippen LogP) is 3.42. The van der Waals surface area contributed by atoms with Gasteiger partial charge in [-0.05, 0) is 75.2 Å². The summed E-state index contributed by atoms with van der Waals surface area (Å²) in [4.78, 5) is 28.1. The Kier molecular flexibility index (Phi) is 6.76. The molecule has 3 heterocycles. The van der Waals surface area contributed by atoms with Crippen molar-refractivity contribution < 1.29 is 33.3 Å². The van der Waals surface area contributed by atoms with E-state index in [0.29, 0.717) is 11.5 Å². The molecule has 1 aliphatic carbocycles. The van der Waals surface area contributed by atoms with Gasteiger partial charge in [0.2, 0.25) is 6.79 Å². The second-order valence-corrected chi connectivity index (χ2v) is 10.6. The molecule has 0 amide bonds. The van der Waals surface area contributed by atoms with Crippen molar-refractivity contribution in [1.29, 1.82) is 0 Å². The average Bonchev–Trinajstić information content (AvgIpc) is 3.51. The molecule has 1 aromatic carbocycles. The summed E-state index contributed by atoms with van der Waals surface area (Å²) in [5.41, 5.74) is 1.97. The Morgan fingerprint density at radius 1 is 1.23 bits per heavy atom. The number of nitrogens with zero attached hydrogens (tertiary/aromatic N) is 1. The Balaban J connectivity index is 1.53. The van der Waals surface area contributed by atoms with Crippen molar-refractivity contribution in [3.63, 3.8) is 0 Å². The highest BCUT2D eigenvalue weighted by Gasteiger charge is 2.58. The molecular formula is C26H33NO7S. The molecule has 0 saturated carbocycles. The van der Waals surface area contributed by atoms with Crippen LogP contribution in [-0.4, -0.2) is 73.1 Å². The van der Waals surface area contributed by atoms with E-state index >= 15 is 0 Å². The zero-order chi connectivity index (χ0) is 24.7. The molecule has 0 aromatic heterocycles. The maximum atomic E-state index is 13.4. The number of esters is 1. The number of carbonyl (C=O) groups excluding carboxylic acids is 2. The monoisotopic (exact) mass is 503 g/mol. The van der Waals surface area contributed by atoms with Crippen molar-refractivity contribution in [1.82, 2.24) is 4.90 Å². The topological polar surface area (TPSA) is 83.5 Å². The van der Waals surface area contributed by atoms with E-state index in [9.17, 15) is 9.59 Å². The zero-order valence-corrected chi connectivity index (χ0v) is 21.5. The van der Waals surface area contributed by atoms with Gasteiger partial charge in [0, 0.05) is 6.54 Å². The predicted molar refractivity (Wildman–Crippen MR) is 131 cm³/mol. The number of fused-ring (bicyclic) bond motifs is 3. The van der Waals surface area contributed by atoms with Crippen molar-refractivity contribution in [2.45, 2.75) is 69.3 Å². The van der Waals surface area contributed by atoms with Crippen molar-refractivity contribution in [2.75, 3.05) is 33.2 Å². The first-order valence-corrected chi connectivity index (χ1v) is 13.5. The quantitative estimate of drug-likeness (QED) is 0.520. The highest BCUT2D eigenvalue weighted by molar-refractivity contribution is 8.13. The maximum Gasteiger partial charge on any atom is 0.336 e. The number of rotatable bonds is 7. The molecular weight excluding hydrogens is 470 g/mol. The van der Waals surface area contributed by atoms with E-state index in [1.807, 2.05) is 13.8 Å². The summed E-state index contributed by atoms with van der Waals surface area (Å²) in [5.74, 6) is 1.41. The SMILES string of the molecule is COC1=CC23CCCN2CCc2cc4c(cc2[C@@H]3C1OC(=O)[C@@H](CC(=O)SC)OC(C)C)OCO4. The van der Waals surface area contributed by atoms with Gasteiger partial charge < -0.3 is 23.7 Å². The van der Waals surface area contributed by atoms with Crippen LogP contribution in [0.1, 0.15) is 50.2 Å². The standard InChI is InChI=1S/C26H33NO7S/c1-15(2)33-20(12-22(28)35-4)25(29)34-24-21(30-3)13-26-7-5-8-27(26)9-6-16-10-18-19(32-14-31-18)11-17(16)23(24)26/h10-11,13,15,20,23-24H,5-9,12,14H2,1-4H3/t20-,23-,24?,26?/m1/s1. The van der Waals surface area contributed by atoms with Gasteiger partial charge in [-0.2, -0.15) is 0 Å². The largest absolute Gasteiger partial charge is 0.497 e. The molecule has 4 aliphatic rings. The van der Waals surface area contributed by atoms with Gasteiger partial charge in [0.1, 0.15) is 5.76 Å². The summed E-state index contributed by atoms with van der Waals surface area (Å²) in [7, 11) is 1.62. The van der Waals surface area contributed by atoms with Crippen LogP contribution in [0.2, 0.25) is 0 Å². The van der Waals surface area contributed by atoms with Crippen molar-refractivity contribution in [3.05, 3.63) is 35.1 Å². The lowest BCUT2D eigenvalue weighted by molar-refractivity contribution is -0.167. The van der Waals surface area contributed by atoms with E-state index in [1.165, 1.54) is 5.56 Å². The second kappa shape index (κ2) is 9.67. The van der Waals surface area contributed by atoms with E-state index in [0.717, 1.165) is 55.4 Å². The molecule has 0 bridgehead atoms. The number of hydrogen-bond donors (Lipinski definition) is 0. The summed E-state index contributed by atoms with van der Waals surface area (Å²) in [6, 6.07) is 4.12. The number of carbonyl (C=O) groups is 2. The van der Waals surface area contributed by atoms with Crippen LogP contribution in [0.5, 0.6) is 11.5 Å². The molecule has 1 fully saturated rings. The van der Waals surface area contributed by atoms with Crippen LogP contribution in [0, 0.1) is 0 Å². The van der Waals surface area contributed by atoms with Gasteiger partial charge in [0.15, 0.2) is 28.8 Å². The van der Waals surface area contributed by atoms with Crippen LogP contribution in [0.15, 0.2) is 24.0 Å². The third kappa shape index (κ3) is 4.32. The summed E-state index contributed by atoms with van der Waals surface area (Å²) < 4.78 is 29.2. The summed E-state index contributed by atoms with van der Waals surface area (Å²) in [5, 5.41) is -0.118. The van der Waals surface area contributed by atoms with E-state index in [-0.39, 0.29) is 35.9 Å². The molecule has 1 saturated heterocycles. The third-order valence-corrected chi connectivity index (χ3v) is 8.11. The summed E-state index contributed by atoms with van der Waals surface area (Å²) in [6.07, 6.45) is 4.89. The van der Waals surface area contributed by atoms with Crippen LogP contribution in [-0.2, 0) is 30.2 Å². The smallest absolute Gasteiger partial charge is 0.336 e. The highest BCUT2D eigenvalue weighted by atomic mass is 32.2. The van der Waals surface area contributed by atoms with Gasteiger partial charge in [0.25, 0.3) is 0 Å². The number of methoxy groups -OCH3 is 1. The highest BCUT2D eigenvalue weighted by Crippen LogP contribution is 2.55. The first kappa shape index (κ1) is 24.5. The van der Waals surface area contributed by atoms with Crippen LogP contribution in [0.4, 0.5) is 0 Å². The van der Waals surface area contributed by atoms with E-state index in [1.54, 1.807) is 13.4 Å². The molecule has 2 unspecified atom stereocenters. The second-order valence-electron chi connectivity index (χ2n) is 9.78. The molecule has 35 heavy (non-hydrogen) atoms. The molecule has 0 N–H and O–H groups in total. The van der Waals surface area contributed by atoms with Gasteiger partial charge in [-0.3, -0.25) is 9.69 Å². The summed E-state index contributed by atoms with van der Waals surface area (Å²) in [6.45, 7) is 5.77. The number of thioether (sulfide) groups is 1. The molecule has 1 aromatic rings. The van der Waals surface area contributed by atoms with Gasteiger partial charge in [-0.15, -0.1) is 0 Å². The van der Waals surface area contributed by atoms with Crippen molar-refractivity contribution in [2.24, 2.45) is 0 Å². The Bertz CT molecular complexity index is 1040. The van der Waals surface area contributed by atoms with Gasteiger partial charge >= 0.3 is 5.97 Å². The van der Waals surface area contributed by atoms with E-state index < -0.39 is 18.2 Å². The van der Waals surface area contributed by atoms with Crippen molar-refractivity contribution in [3.8, 4) is 11.5 Å². The average molecular weight is 504 g/mol. The van der Waals surface area contributed by atoms with Crippen LogP contribution >= 0.6 is 11.8 Å². The van der Waals surface area contributed by atoms with E-state index in [4.69, 9.17) is 23.7 Å². The lowest BCUT2D eigenvalue weighted by atomic mass is 9.77. The fraction of sp³-hybridized carbons (Fsp3) is 0.615. The number of benzene rings is 1. The molecule has 1 spiro atoms. The minimum absolute atomic E-state index is 0.0336. The Labute approximate surface area is 210 Å². The van der Waals surface area contributed by atoms with Gasteiger partial charge in [-0.1, -0.05) is 11.8 Å². The van der Waals surface area contributed by atoms with Gasteiger partial charge in [-0.25, -0.2) is 4.79 Å². The molecule has 5 rings (SSSR count). The van der Waals surface area contributed by atoms with E-state index in [2.05, 4.69) is 23.1 Å². The Hall–Kier alpha value is -2.23. The maximum absolute atomic E-state index is 13.4. The van der Waals surface area contributed by atoms with Gasteiger partial charge in [0.05, 0.1) is 31.1 Å². The molecule has 8 nitrogen and oxygen atoms in total. The first-order chi connectivity index (χ1) is 16.9. The van der Waals surface area contributed by atoms with Crippen LogP contribution in [0.25, 0.3) is 0 Å². The minimum Gasteiger partial charge on any atom is -0.497 e. The normalized spacial score (nSPS) is 27.5. The lowest BCUT2D eigenvalue weighted by Gasteiger charge is -2.39. The fourth-order valence-electron chi connectivity index (χ4n) is 6.05. The summed E-state index contributed by atoms with van der Waals surface area (Å²) >= 11 is 1.08. The number of hydrogen-bond acceptors (Lipinski definition) is 9. The Morgan fingerprint density at radius 2 is 2.00 bits per heavy atom. The fourth-order valence-corrected chi connectivity index (χ4v) is 6.36. The lowest BCUT2D eigenvalue weighted by Crippen LogP contribution is -2.48. The third-order valence-electron chi connectivity index (χ3n) is 7.49. The molecule has 3 aliphatic heterocycles. The molecule has 9 heteroatoms. The zero-order valence-electron chi connectivity index (χ0n) is 20.7. The minimum atomic E-state index is -0.966. The number of ether oxygens (including phenoxy) is 5. The molecule has 4 atom stereocenters. The molecule has 190 valence electrons. The Morgan fingerprint density at radius 3 is 2.71 bits per heavy atom. The van der Waals surface area contributed by atoms with Crippen LogP contribution in [0.3, 0.4) is 0 Å². The van der Waals surface area contributed by atoms with Crippen molar-refractivity contribution >= 4 is 22.8 Å².